The molecule has 0 amide bonds. The second kappa shape index (κ2) is 13.2. The van der Waals surface area contributed by atoms with Crippen LogP contribution in [0.25, 0.3) is 0 Å². The van der Waals surface area contributed by atoms with Gasteiger partial charge in [-0.15, -0.1) is 0 Å². The van der Waals surface area contributed by atoms with Gasteiger partial charge in [0.15, 0.2) is 0 Å². The number of benzene rings is 3. The molecular formula is C30H31Br2N7O. The third kappa shape index (κ3) is 7.37. The molecular weight excluding hydrogens is 634 g/mol. The molecule has 2 heterocycles. The molecule has 1 aromatic heterocycles. The first-order valence-electron chi connectivity index (χ1n) is 13.2. The van der Waals surface area contributed by atoms with E-state index in [1.165, 1.54) is 11.1 Å². The van der Waals surface area contributed by atoms with Crippen LogP contribution in [-0.4, -0.2) is 41.4 Å². The van der Waals surface area contributed by atoms with Gasteiger partial charge < -0.3 is 15.0 Å². The summed E-state index contributed by atoms with van der Waals surface area (Å²) in [5.74, 6) is 2.77. The van der Waals surface area contributed by atoms with Crippen molar-refractivity contribution >= 4 is 61.6 Å². The predicted molar refractivity (Wildman–Crippen MR) is 169 cm³/mol. The summed E-state index contributed by atoms with van der Waals surface area (Å²) in [7, 11) is 1.63. The molecule has 0 radical (unpaired) electrons. The van der Waals surface area contributed by atoms with Crippen LogP contribution in [0, 0.1) is 12.8 Å². The highest BCUT2D eigenvalue weighted by molar-refractivity contribution is 9.11. The Bertz CT molecular complexity index is 1460. The Morgan fingerprint density at radius 2 is 1.70 bits per heavy atom. The zero-order chi connectivity index (χ0) is 27.9. The van der Waals surface area contributed by atoms with E-state index in [0.717, 1.165) is 52.5 Å². The molecule has 1 aliphatic heterocycles. The van der Waals surface area contributed by atoms with Crippen molar-refractivity contribution in [3.63, 3.8) is 0 Å². The first-order valence-corrected chi connectivity index (χ1v) is 14.8. The fourth-order valence-corrected chi connectivity index (χ4v) is 6.13. The predicted octanol–water partition coefficient (Wildman–Crippen LogP) is 7.36. The summed E-state index contributed by atoms with van der Waals surface area (Å²) in [5.41, 5.74) is 7.27. The van der Waals surface area contributed by atoms with Crippen molar-refractivity contribution in [2.75, 3.05) is 35.8 Å². The molecule has 0 unspecified atom stereocenters. The van der Waals surface area contributed by atoms with Crippen molar-refractivity contribution in [2.24, 2.45) is 11.0 Å². The van der Waals surface area contributed by atoms with E-state index in [9.17, 15) is 0 Å². The van der Waals surface area contributed by atoms with Gasteiger partial charge in [-0.2, -0.15) is 20.1 Å². The zero-order valence-corrected chi connectivity index (χ0v) is 25.6. The third-order valence-corrected chi connectivity index (χ3v) is 7.85. The minimum Gasteiger partial charge on any atom is -0.495 e. The lowest BCUT2D eigenvalue weighted by Gasteiger charge is -2.32. The quantitative estimate of drug-likeness (QED) is 0.143. The average Bonchev–Trinajstić information content (AvgIpc) is 2.95. The summed E-state index contributed by atoms with van der Waals surface area (Å²) < 4.78 is 7.26. The van der Waals surface area contributed by atoms with E-state index in [-0.39, 0.29) is 0 Å². The number of hydrogen-bond donors (Lipinski definition) is 2. The second-order valence-corrected chi connectivity index (χ2v) is 11.5. The highest BCUT2D eigenvalue weighted by atomic mass is 79.9. The van der Waals surface area contributed by atoms with Gasteiger partial charge in [0.1, 0.15) is 5.75 Å². The number of piperidine rings is 1. The molecule has 40 heavy (non-hydrogen) atoms. The summed E-state index contributed by atoms with van der Waals surface area (Å²) in [4.78, 5) is 16.3. The van der Waals surface area contributed by atoms with Crippen LogP contribution in [0.4, 0.5) is 23.5 Å². The Hall–Kier alpha value is -3.50. The van der Waals surface area contributed by atoms with Crippen LogP contribution >= 0.6 is 31.9 Å². The van der Waals surface area contributed by atoms with E-state index in [0.29, 0.717) is 29.5 Å². The van der Waals surface area contributed by atoms with E-state index in [4.69, 9.17) is 14.7 Å². The SMILES string of the molecule is COc1c(Br)cc(Br)cc1/C=N/Nc1nc(Nc2ccc(C)cc2)nc(N2CCC(Cc3ccccc3)CC2)n1. The molecule has 5 rings (SSSR count). The first kappa shape index (κ1) is 28.0. The number of aromatic nitrogens is 3. The number of rotatable bonds is 9. The molecule has 1 aliphatic rings. The Morgan fingerprint density at radius 1 is 0.975 bits per heavy atom. The van der Waals surface area contributed by atoms with Crippen molar-refractivity contribution in [1.82, 2.24) is 15.0 Å². The molecule has 0 saturated carbocycles. The van der Waals surface area contributed by atoms with Crippen LogP contribution < -0.4 is 20.4 Å². The van der Waals surface area contributed by atoms with Crippen molar-refractivity contribution in [1.29, 1.82) is 0 Å². The van der Waals surface area contributed by atoms with E-state index < -0.39 is 0 Å². The number of anilines is 4. The van der Waals surface area contributed by atoms with Gasteiger partial charge in [0.2, 0.25) is 17.8 Å². The van der Waals surface area contributed by atoms with Crippen LogP contribution in [0.2, 0.25) is 0 Å². The highest BCUT2D eigenvalue weighted by Crippen LogP contribution is 2.32. The maximum atomic E-state index is 5.53. The Kier molecular flexibility index (Phi) is 9.28. The van der Waals surface area contributed by atoms with Gasteiger partial charge in [-0.05, 0) is 77.9 Å². The molecule has 8 nitrogen and oxygen atoms in total. The number of nitrogens with one attached hydrogen (secondary N) is 2. The van der Waals surface area contributed by atoms with Crippen molar-refractivity contribution in [3.05, 3.63) is 92.4 Å². The Labute approximate surface area is 251 Å². The maximum absolute atomic E-state index is 5.53. The smallest absolute Gasteiger partial charge is 0.250 e. The van der Waals surface area contributed by atoms with Crippen molar-refractivity contribution < 1.29 is 4.74 Å². The lowest BCUT2D eigenvalue weighted by atomic mass is 9.90. The van der Waals surface area contributed by atoms with E-state index in [1.54, 1.807) is 13.3 Å². The van der Waals surface area contributed by atoms with Crippen molar-refractivity contribution in [3.8, 4) is 5.75 Å². The lowest BCUT2D eigenvalue weighted by molar-refractivity contribution is 0.400. The van der Waals surface area contributed by atoms with Crippen molar-refractivity contribution in [2.45, 2.75) is 26.2 Å². The molecule has 0 atom stereocenters. The molecule has 1 fully saturated rings. The van der Waals surface area contributed by atoms with Crippen LogP contribution in [-0.2, 0) is 6.42 Å². The molecule has 206 valence electrons. The molecule has 2 N–H and O–H groups in total. The number of halogens is 2. The standard InChI is InChI=1S/C30H31Br2N7O/c1-20-8-10-25(11-9-20)34-28-35-29(38-33-19-23-17-24(31)18-26(32)27(23)40-2)37-30(36-28)39-14-12-22(13-15-39)16-21-6-4-3-5-7-21/h3-11,17-19,22H,12-16H2,1-2H3,(H2,34,35,36,37,38)/b33-19+. The minimum absolute atomic E-state index is 0.357. The second-order valence-electron chi connectivity index (χ2n) is 9.77. The van der Waals surface area contributed by atoms with Crippen LogP contribution in [0.15, 0.2) is 80.8 Å². The Morgan fingerprint density at radius 3 is 2.42 bits per heavy atom. The summed E-state index contributed by atoms with van der Waals surface area (Å²) >= 11 is 7.05. The molecule has 0 bridgehead atoms. The highest BCUT2D eigenvalue weighted by Gasteiger charge is 2.22. The number of nitrogens with zero attached hydrogens (tertiary/aromatic N) is 5. The minimum atomic E-state index is 0.357. The van der Waals surface area contributed by atoms with Gasteiger partial charge in [0.25, 0.3) is 0 Å². The molecule has 10 heteroatoms. The topological polar surface area (TPSA) is 87.6 Å². The number of aryl methyl sites for hydroxylation is 1. The summed E-state index contributed by atoms with van der Waals surface area (Å²) in [5, 5.41) is 7.73. The van der Waals surface area contributed by atoms with Gasteiger partial charge >= 0.3 is 0 Å². The van der Waals surface area contributed by atoms with E-state index >= 15 is 0 Å². The van der Waals surface area contributed by atoms with Gasteiger partial charge in [-0.25, -0.2) is 5.43 Å². The van der Waals surface area contributed by atoms with E-state index in [1.807, 2.05) is 24.3 Å². The molecule has 4 aromatic rings. The zero-order valence-electron chi connectivity index (χ0n) is 22.4. The van der Waals surface area contributed by atoms with Gasteiger partial charge in [-0.3, -0.25) is 0 Å². The van der Waals surface area contributed by atoms with Crippen LogP contribution in [0.1, 0.15) is 29.5 Å². The van der Waals surface area contributed by atoms with Crippen LogP contribution in [0.3, 0.4) is 0 Å². The van der Waals surface area contributed by atoms with Gasteiger partial charge in [0.05, 0.1) is 17.8 Å². The fourth-order valence-electron chi connectivity index (χ4n) is 4.71. The third-order valence-electron chi connectivity index (χ3n) is 6.81. The van der Waals surface area contributed by atoms with Crippen LogP contribution in [0.5, 0.6) is 5.75 Å². The monoisotopic (exact) mass is 663 g/mol. The largest absolute Gasteiger partial charge is 0.495 e. The summed E-state index contributed by atoms with van der Waals surface area (Å²) in [6, 6.07) is 22.7. The Balaban J connectivity index is 1.34. The molecule has 0 spiro atoms. The van der Waals surface area contributed by atoms with Gasteiger partial charge in [0, 0.05) is 28.8 Å². The maximum Gasteiger partial charge on any atom is 0.250 e. The average molecular weight is 665 g/mol. The number of hydrogen-bond acceptors (Lipinski definition) is 8. The first-order chi connectivity index (χ1) is 19.5. The number of methoxy groups -OCH3 is 1. The normalized spacial score (nSPS) is 13.9. The molecule has 3 aromatic carbocycles. The van der Waals surface area contributed by atoms with Gasteiger partial charge in [-0.1, -0.05) is 64.0 Å². The molecule has 0 aliphatic carbocycles. The number of ether oxygens (including phenoxy) is 1. The summed E-state index contributed by atoms with van der Waals surface area (Å²) in [6.45, 7) is 3.83. The lowest BCUT2D eigenvalue weighted by Crippen LogP contribution is -2.35. The van der Waals surface area contributed by atoms with E-state index in [2.05, 4.69) is 107 Å². The molecule has 1 saturated heterocycles. The fraction of sp³-hybridized carbons (Fsp3) is 0.267. The summed E-state index contributed by atoms with van der Waals surface area (Å²) in [6.07, 6.45) is 4.95. The number of hydrazone groups is 1.